The SMILES string of the molecule is O=C(CN1CCN(CC(=O)NC2CC2)CC1)Nc1ccccc1Cc1ccccc1. The number of nitrogens with one attached hydrogen (secondary N) is 2. The molecule has 0 unspecified atom stereocenters. The van der Waals surface area contributed by atoms with Crippen molar-refractivity contribution < 1.29 is 9.59 Å². The number of benzene rings is 2. The van der Waals surface area contributed by atoms with E-state index < -0.39 is 0 Å². The lowest BCUT2D eigenvalue weighted by Gasteiger charge is -2.33. The summed E-state index contributed by atoms with van der Waals surface area (Å²) in [7, 11) is 0. The topological polar surface area (TPSA) is 64.7 Å². The molecule has 0 spiro atoms. The van der Waals surface area contributed by atoms with Crippen molar-refractivity contribution in [3.8, 4) is 0 Å². The Morgan fingerprint density at radius 1 is 0.800 bits per heavy atom. The average molecular weight is 407 g/mol. The lowest BCUT2D eigenvalue weighted by atomic mass is 10.0. The Labute approximate surface area is 178 Å². The highest BCUT2D eigenvalue weighted by molar-refractivity contribution is 5.93. The van der Waals surface area contributed by atoms with Crippen LogP contribution in [0.3, 0.4) is 0 Å². The van der Waals surface area contributed by atoms with Crippen molar-refractivity contribution in [1.82, 2.24) is 15.1 Å². The van der Waals surface area contributed by atoms with Crippen molar-refractivity contribution >= 4 is 17.5 Å². The van der Waals surface area contributed by atoms with Crippen molar-refractivity contribution in [1.29, 1.82) is 0 Å². The van der Waals surface area contributed by atoms with E-state index in [-0.39, 0.29) is 11.8 Å². The third-order valence-electron chi connectivity index (χ3n) is 5.67. The summed E-state index contributed by atoms with van der Waals surface area (Å²) in [6, 6.07) is 18.7. The zero-order chi connectivity index (χ0) is 20.8. The molecule has 6 heteroatoms. The lowest BCUT2D eigenvalue weighted by molar-refractivity contribution is -0.123. The summed E-state index contributed by atoms with van der Waals surface area (Å²) >= 11 is 0. The molecule has 0 atom stereocenters. The zero-order valence-corrected chi connectivity index (χ0v) is 17.3. The molecule has 1 saturated carbocycles. The van der Waals surface area contributed by atoms with Gasteiger partial charge < -0.3 is 10.6 Å². The highest BCUT2D eigenvalue weighted by Crippen LogP contribution is 2.20. The van der Waals surface area contributed by atoms with E-state index in [1.54, 1.807) is 0 Å². The molecule has 0 bridgehead atoms. The first-order valence-electron chi connectivity index (χ1n) is 10.8. The van der Waals surface area contributed by atoms with Gasteiger partial charge in [-0.2, -0.15) is 0 Å². The molecule has 2 aromatic rings. The number of amides is 2. The molecule has 30 heavy (non-hydrogen) atoms. The van der Waals surface area contributed by atoms with Crippen molar-refractivity contribution in [2.45, 2.75) is 25.3 Å². The van der Waals surface area contributed by atoms with Crippen molar-refractivity contribution in [3.63, 3.8) is 0 Å². The van der Waals surface area contributed by atoms with E-state index >= 15 is 0 Å². The predicted octanol–water partition coefficient (Wildman–Crippen LogP) is 2.11. The van der Waals surface area contributed by atoms with Crippen LogP contribution in [-0.2, 0) is 16.0 Å². The lowest BCUT2D eigenvalue weighted by Crippen LogP contribution is -2.51. The van der Waals surface area contributed by atoms with Crippen LogP contribution in [0.2, 0.25) is 0 Å². The molecule has 2 fully saturated rings. The second-order valence-electron chi connectivity index (χ2n) is 8.26. The molecule has 1 saturated heterocycles. The number of carbonyl (C=O) groups excluding carboxylic acids is 2. The van der Waals surface area contributed by atoms with Crippen LogP contribution >= 0.6 is 0 Å². The molecule has 158 valence electrons. The number of piperazine rings is 1. The number of para-hydroxylation sites is 1. The number of rotatable bonds is 8. The number of hydrogen-bond acceptors (Lipinski definition) is 4. The maximum absolute atomic E-state index is 12.6. The Morgan fingerprint density at radius 3 is 2.07 bits per heavy atom. The molecular formula is C24H30N4O2. The first-order valence-corrected chi connectivity index (χ1v) is 10.8. The monoisotopic (exact) mass is 406 g/mol. The van der Waals surface area contributed by atoms with Gasteiger partial charge in [0.2, 0.25) is 11.8 Å². The number of hydrogen-bond donors (Lipinski definition) is 2. The van der Waals surface area contributed by atoms with Gasteiger partial charge in [-0.3, -0.25) is 19.4 Å². The molecule has 0 aromatic heterocycles. The van der Waals surface area contributed by atoms with Gasteiger partial charge in [-0.05, 0) is 36.5 Å². The van der Waals surface area contributed by atoms with Gasteiger partial charge in [-0.25, -0.2) is 0 Å². The van der Waals surface area contributed by atoms with Gasteiger partial charge in [-0.1, -0.05) is 48.5 Å². The number of anilines is 1. The molecule has 2 amide bonds. The molecule has 1 heterocycles. The minimum absolute atomic E-state index is 0.00966. The molecule has 2 N–H and O–H groups in total. The molecule has 2 aliphatic rings. The van der Waals surface area contributed by atoms with Crippen molar-refractivity contribution in [2.75, 3.05) is 44.6 Å². The summed E-state index contributed by atoms with van der Waals surface area (Å²) in [5.41, 5.74) is 3.21. The standard InChI is InChI=1S/C24H30N4O2/c29-23(25-21-10-11-21)17-27-12-14-28(15-13-27)18-24(30)26-22-9-5-4-8-20(22)16-19-6-2-1-3-7-19/h1-9,21H,10-18H2,(H,25,29)(H,26,30). The quantitative estimate of drug-likeness (QED) is 0.705. The highest BCUT2D eigenvalue weighted by atomic mass is 16.2. The van der Waals surface area contributed by atoms with Crippen LogP contribution in [0.25, 0.3) is 0 Å². The van der Waals surface area contributed by atoms with Gasteiger partial charge in [0.15, 0.2) is 0 Å². The van der Waals surface area contributed by atoms with Gasteiger partial charge in [0.05, 0.1) is 13.1 Å². The Balaban J connectivity index is 1.24. The van der Waals surface area contributed by atoms with E-state index in [0.29, 0.717) is 19.1 Å². The summed E-state index contributed by atoms with van der Waals surface area (Å²) in [6.07, 6.45) is 3.02. The van der Waals surface area contributed by atoms with Crippen LogP contribution in [0, 0.1) is 0 Å². The summed E-state index contributed by atoms with van der Waals surface area (Å²) < 4.78 is 0. The van der Waals surface area contributed by atoms with Gasteiger partial charge in [0.1, 0.15) is 0 Å². The Kier molecular flexibility index (Phi) is 6.77. The van der Waals surface area contributed by atoms with Gasteiger partial charge in [-0.15, -0.1) is 0 Å². The van der Waals surface area contributed by atoms with Gasteiger partial charge in [0, 0.05) is 37.9 Å². The highest BCUT2D eigenvalue weighted by Gasteiger charge is 2.25. The maximum atomic E-state index is 12.6. The second-order valence-corrected chi connectivity index (χ2v) is 8.26. The first kappa shape index (κ1) is 20.6. The zero-order valence-electron chi connectivity index (χ0n) is 17.3. The summed E-state index contributed by atoms with van der Waals surface area (Å²) in [5.74, 6) is 0.133. The number of carbonyl (C=O) groups is 2. The molecule has 1 aliphatic heterocycles. The Hall–Kier alpha value is -2.70. The van der Waals surface area contributed by atoms with E-state index in [2.05, 4.69) is 38.6 Å². The van der Waals surface area contributed by atoms with E-state index in [0.717, 1.165) is 56.7 Å². The fourth-order valence-corrected chi connectivity index (χ4v) is 3.81. The fraction of sp³-hybridized carbons (Fsp3) is 0.417. The van der Waals surface area contributed by atoms with Gasteiger partial charge >= 0.3 is 0 Å². The largest absolute Gasteiger partial charge is 0.352 e. The van der Waals surface area contributed by atoms with Crippen molar-refractivity contribution in [3.05, 3.63) is 65.7 Å². The Bertz CT molecular complexity index is 859. The first-order chi connectivity index (χ1) is 14.7. The van der Waals surface area contributed by atoms with Crippen LogP contribution in [0.1, 0.15) is 24.0 Å². The van der Waals surface area contributed by atoms with Crippen LogP contribution in [0.4, 0.5) is 5.69 Å². The van der Waals surface area contributed by atoms with E-state index in [9.17, 15) is 9.59 Å². The van der Waals surface area contributed by atoms with Crippen LogP contribution in [0.5, 0.6) is 0 Å². The third kappa shape index (κ3) is 6.15. The third-order valence-corrected chi connectivity index (χ3v) is 5.67. The normalized spacial score (nSPS) is 17.5. The van der Waals surface area contributed by atoms with E-state index in [1.165, 1.54) is 5.56 Å². The van der Waals surface area contributed by atoms with Crippen LogP contribution < -0.4 is 10.6 Å². The molecule has 2 aromatic carbocycles. The maximum Gasteiger partial charge on any atom is 0.238 e. The summed E-state index contributed by atoms with van der Waals surface area (Å²) in [5, 5.41) is 6.13. The van der Waals surface area contributed by atoms with Crippen LogP contribution in [-0.4, -0.2) is 66.9 Å². The van der Waals surface area contributed by atoms with E-state index in [1.807, 2.05) is 36.4 Å². The Morgan fingerprint density at radius 2 is 1.40 bits per heavy atom. The molecule has 0 radical (unpaired) electrons. The predicted molar refractivity (Wildman–Crippen MR) is 118 cm³/mol. The fourth-order valence-electron chi connectivity index (χ4n) is 3.81. The van der Waals surface area contributed by atoms with E-state index in [4.69, 9.17) is 0 Å². The smallest absolute Gasteiger partial charge is 0.238 e. The molecule has 4 rings (SSSR count). The minimum atomic E-state index is 0.00966. The van der Waals surface area contributed by atoms with Gasteiger partial charge in [0.25, 0.3) is 0 Å². The van der Waals surface area contributed by atoms with Crippen molar-refractivity contribution in [2.24, 2.45) is 0 Å². The molecular weight excluding hydrogens is 376 g/mol. The number of nitrogens with zero attached hydrogens (tertiary/aromatic N) is 2. The average Bonchev–Trinajstić information content (AvgIpc) is 3.55. The summed E-state index contributed by atoms with van der Waals surface area (Å²) in [6.45, 7) is 4.07. The molecule has 6 nitrogen and oxygen atoms in total. The minimum Gasteiger partial charge on any atom is -0.352 e. The second kappa shape index (κ2) is 9.87. The van der Waals surface area contributed by atoms with Crippen LogP contribution in [0.15, 0.2) is 54.6 Å². The molecule has 1 aliphatic carbocycles. The summed E-state index contributed by atoms with van der Waals surface area (Å²) in [4.78, 5) is 28.9.